The lowest BCUT2D eigenvalue weighted by Crippen LogP contribution is -2.21. The second-order valence-electron chi connectivity index (χ2n) is 5.28. The van der Waals surface area contributed by atoms with Crippen molar-refractivity contribution in [3.8, 4) is 0 Å². The lowest BCUT2D eigenvalue weighted by molar-refractivity contribution is 0.0827. The highest BCUT2D eigenvalue weighted by molar-refractivity contribution is 8.13. The molecule has 0 aliphatic heterocycles. The molecule has 5 nitrogen and oxygen atoms in total. The molecule has 124 valence electrons. The van der Waals surface area contributed by atoms with Crippen molar-refractivity contribution in [2.45, 2.75) is 5.75 Å². The predicted octanol–water partition coefficient (Wildman–Crippen LogP) is 2.97. The molecule has 0 aromatic heterocycles. The van der Waals surface area contributed by atoms with Crippen LogP contribution < -0.4 is 5.73 Å². The third kappa shape index (κ3) is 5.55. The topological polar surface area (TPSA) is 71.0 Å². The van der Waals surface area contributed by atoms with Crippen LogP contribution in [0, 0.1) is 0 Å². The lowest BCUT2D eigenvalue weighted by Gasteiger charge is -2.09. The van der Waals surface area contributed by atoms with Crippen molar-refractivity contribution in [1.29, 1.82) is 0 Å². The van der Waals surface area contributed by atoms with E-state index in [-0.39, 0.29) is 5.91 Å². The van der Waals surface area contributed by atoms with Crippen molar-refractivity contribution in [3.05, 3.63) is 71.3 Å². The van der Waals surface area contributed by atoms with E-state index >= 15 is 0 Å². The van der Waals surface area contributed by atoms with Gasteiger partial charge < -0.3 is 10.6 Å². The van der Waals surface area contributed by atoms with Gasteiger partial charge in [0, 0.05) is 25.4 Å². The Kier molecular flexibility index (Phi) is 6.57. The Hall–Kier alpha value is -2.60. The van der Waals surface area contributed by atoms with Crippen LogP contribution in [0.3, 0.4) is 0 Å². The molecular formula is C18H20N4OS. The first-order chi connectivity index (χ1) is 11.6. The van der Waals surface area contributed by atoms with Gasteiger partial charge in [-0.25, -0.2) is 0 Å². The maximum absolute atomic E-state index is 11.8. The fourth-order valence-electron chi connectivity index (χ4n) is 1.88. The highest BCUT2D eigenvalue weighted by Gasteiger charge is 2.06. The summed E-state index contributed by atoms with van der Waals surface area (Å²) in [5, 5.41) is 8.37. The van der Waals surface area contributed by atoms with Gasteiger partial charge in [0.1, 0.15) is 0 Å². The van der Waals surface area contributed by atoms with Crippen LogP contribution in [0.1, 0.15) is 21.5 Å². The van der Waals surface area contributed by atoms with E-state index in [1.807, 2.05) is 42.5 Å². The van der Waals surface area contributed by atoms with Gasteiger partial charge >= 0.3 is 0 Å². The first-order valence-electron chi connectivity index (χ1n) is 7.41. The third-order valence-electron chi connectivity index (χ3n) is 3.16. The van der Waals surface area contributed by atoms with Crippen molar-refractivity contribution in [1.82, 2.24) is 4.90 Å². The highest BCUT2D eigenvalue weighted by atomic mass is 32.2. The number of hydrogen-bond donors (Lipinski definition) is 1. The van der Waals surface area contributed by atoms with Crippen LogP contribution in [0.5, 0.6) is 0 Å². The fourth-order valence-corrected chi connectivity index (χ4v) is 2.49. The number of carbonyl (C=O) groups is 1. The summed E-state index contributed by atoms with van der Waals surface area (Å²) in [6, 6.07) is 17.2. The van der Waals surface area contributed by atoms with Gasteiger partial charge in [-0.2, -0.15) is 5.10 Å². The summed E-state index contributed by atoms with van der Waals surface area (Å²) in [6.07, 6.45) is 1.61. The first-order valence-corrected chi connectivity index (χ1v) is 8.40. The molecule has 1 amide bonds. The number of thioether (sulfide) groups is 1. The SMILES string of the molecule is CN(C)C(=O)c1ccc(C=NN=C(N)SCc2ccccc2)cc1. The molecular weight excluding hydrogens is 320 g/mol. The zero-order valence-corrected chi connectivity index (χ0v) is 14.5. The summed E-state index contributed by atoms with van der Waals surface area (Å²) < 4.78 is 0. The Bertz CT molecular complexity index is 724. The largest absolute Gasteiger partial charge is 0.377 e. The number of nitrogens with zero attached hydrogens (tertiary/aromatic N) is 3. The van der Waals surface area contributed by atoms with Crippen LogP contribution in [-0.4, -0.2) is 36.3 Å². The zero-order chi connectivity index (χ0) is 17.4. The first kappa shape index (κ1) is 17.7. The Labute approximate surface area is 146 Å². The van der Waals surface area contributed by atoms with Crippen LogP contribution >= 0.6 is 11.8 Å². The summed E-state index contributed by atoms with van der Waals surface area (Å²) in [7, 11) is 3.45. The third-order valence-corrected chi connectivity index (χ3v) is 4.01. The number of hydrogen-bond acceptors (Lipinski definition) is 4. The Balaban J connectivity index is 1.89. The van der Waals surface area contributed by atoms with Crippen LogP contribution in [0.4, 0.5) is 0 Å². The van der Waals surface area contributed by atoms with Crippen molar-refractivity contribution < 1.29 is 4.79 Å². The fraction of sp³-hybridized carbons (Fsp3) is 0.167. The van der Waals surface area contributed by atoms with E-state index in [4.69, 9.17) is 5.73 Å². The number of amidine groups is 1. The minimum atomic E-state index is -0.0296. The molecule has 0 heterocycles. The van der Waals surface area contributed by atoms with Crippen LogP contribution in [-0.2, 0) is 5.75 Å². The van der Waals surface area contributed by atoms with E-state index in [1.54, 1.807) is 32.4 Å². The molecule has 2 N–H and O–H groups in total. The zero-order valence-electron chi connectivity index (χ0n) is 13.7. The minimum absolute atomic E-state index is 0.0296. The van der Waals surface area contributed by atoms with E-state index in [9.17, 15) is 4.79 Å². The summed E-state index contributed by atoms with van der Waals surface area (Å²) in [5.74, 6) is 0.727. The predicted molar refractivity (Wildman–Crippen MR) is 101 cm³/mol. The molecule has 2 aromatic rings. The van der Waals surface area contributed by atoms with E-state index in [2.05, 4.69) is 10.2 Å². The minimum Gasteiger partial charge on any atom is -0.377 e. The van der Waals surface area contributed by atoms with Crippen molar-refractivity contribution in [2.24, 2.45) is 15.9 Å². The molecule has 0 unspecified atom stereocenters. The van der Waals surface area contributed by atoms with Crippen molar-refractivity contribution >= 4 is 29.1 Å². The monoisotopic (exact) mass is 340 g/mol. The lowest BCUT2D eigenvalue weighted by atomic mass is 10.1. The summed E-state index contributed by atoms with van der Waals surface area (Å²) in [5.41, 5.74) is 8.51. The summed E-state index contributed by atoms with van der Waals surface area (Å²) in [4.78, 5) is 13.3. The second-order valence-corrected chi connectivity index (χ2v) is 6.27. The van der Waals surface area contributed by atoms with E-state index in [1.165, 1.54) is 22.2 Å². The molecule has 6 heteroatoms. The second kappa shape index (κ2) is 8.88. The number of rotatable bonds is 5. The molecule has 0 bridgehead atoms. The molecule has 0 saturated heterocycles. The Morgan fingerprint density at radius 3 is 2.42 bits per heavy atom. The average Bonchev–Trinajstić information content (AvgIpc) is 2.61. The van der Waals surface area contributed by atoms with Gasteiger partial charge in [-0.15, -0.1) is 5.10 Å². The van der Waals surface area contributed by atoms with Crippen molar-refractivity contribution in [3.63, 3.8) is 0 Å². The van der Waals surface area contributed by atoms with Crippen LogP contribution in [0.2, 0.25) is 0 Å². The van der Waals surface area contributed by atoms with Gasteiger partial charge in [0.15, 0.2) is 5.17 Å². The molecule has 0 saturated carbocycles. The highest BCUT2D eigenvalue weighted by Crippen LogP contribution is 2.11. The number of carbonyl (C=O) groups excluding carboxylic acids is 1. The normalized spacial score (nSPS) is 11.7. The number of benzene rings is 2. The standard InChI is InChI=1S/C18H20N4OS/c1-22(2)17(23)16-10-8-14(9-11-16)12-20-21-18(19)24-13-15-6-4-3-5-7-15/h3-12H,13H2,1-2H3,(H2,19,21). The maximum Gasteiger partial charge on any atom is 0.253 e. The quantitative estimate of drug-likeness (QED) is 0.517. The van der Waals surface area contributed by atoms with Gasteiger partial charge in [0.2, 0.25) is 0 Å². The molecule has 0 aliphatic carbocycles. The number of nitrogens with two attached hydrogens (primary N) is 1. The average molecular weight is 340 g/mol. The smallest absolute Gasteiger partial charge is 0.253 e. The van der Waals surface area contributed by atoms with Gasteiger partial charge in [-0.3, -0.25) is 4.79 Å². The van der Waals surface area contributed by atoms with E-state index < -0.39 is 0 Å². The molecule has 0 spiro atoms. The van der Waals surface area contributed by atoms with Gasteiger partial charge in [-0.1, -0.05) is 54.2 Å². The molecule has 0 aliphatic rings. The van der Waals surface area contributed by atoms with Crippen LogP contribution in [0.15, 0.2) is 64.8 Å². The molecule has 24 heavy (non-hydrogen) atoms. The molecule has 0 radical (unpaired) electrons. The van der Waals surface area contributed by atoms with Gasteiger partial charge in [0.25, 0.3) is 5.91 Å². The molecule has 2 rings (SSSR count). The van der Waals surface area contributed by atoms with Gasteiger partial charge in [-0.05, 0) is 23.3 Å². The number of amides is 1. The summed E-state index contributed by atoms with van der Waals surface area (Å²) >= 11 is 1.44. The molecule has 0 fully saturated rings. The molecule has 2 aromatic carbocycles. The van der Waals surface area contributed by atoms with E-state index in [0.717, 1.165) is 11.3 Å². The maximum atomic E-state index is 11.8. The Morgan fingerprint density at radius 2 is 1.79 bits per heavy atom. The van der Waals surface area contributed by atoms with Gasteiger partial charge in [0.05, 0.1) is 6.21 Å². The Morgan fingerprint density at radius 1 is 1.12 bits per heavy atom. The van der Waals surface area contributed by atoms with Crippen LogP contribution in [0.25, 0.3) is 0 Å². The summed E-state index contributed by atoms with van der Waals surface area (Å²) in [6.45, 7) is 0. The molecule has 0 atom stereocenters. The van der Waals surface area contributed by atoms with Crippen molar-refractivity contribution in [2.75, 3.05) is 14.1 Å². The van der Waals surface area contributed by atoms with E-state index in [0.29, 0.717) is 10.7 Å².